The number of aromatic amines is 1. The number of aliphatic hydroxyl groups is 1. The van der Waals surface area contributed by atoms with E-state index >= 15 is 0 Å². The van der Waals surface area contributed by atoms with Crippen LogP contribution in [-0.4, -0.2) is 20.1 Å². The molecular formula is C14H12BrN3O. The van der Waals surface area contributed by atoms with Crippen molar-refractivity contribution in [1.29, 1.82) is 0 Å². The van der Waals surface area contributed by atoms with Gasteiger partial charge in [0.15, 0.2) is 0 Å². The van der Waals surface area contributed by atoms with Gasteiger partial charge in [-0.15, -0.1) is 0 Å². The van der Waals surface area contributed by atoms with Gasteiger partial charge in [0, 0.05) is 45.3 Å². The number of aromatic nitrogens is 3. The van der Waals surface area contributed by atoms with Crippen molar-refractivity contribution >= 4 is 27.0 Å². The summed E-state index contributed by atoms with van der Waals surface area (Å²) in [6.45, 7) is 1.92. The molecule has 3 heterocycles. The predicted octanol–water partition coefficient (Wildman–Crippen LogP) is 3.11. The predicted molar refractivity (Wildman–Crippen MR) is 76.8 cm³/mol. The summed E-state index contributed by atoms with van der Waals surface area (Å²) in [6.07, 6.45) is 4.50. The SMILES string of the molecule is Cc1ccc(C(O)c2c[nH]c3ncc(Br)cc23)cn1. The molecule has 3 aromatic heterocycles. The van der Waals surface area contributed by atoms with Crippen molar-refractivity contribution < 1.29 is 5.11 Å². The number of aryl methyl sites for hydroxylation is 1. The maximum absolute atomic E-state index is 10.5. The molecule has 0 saturated heterocycles. The first-order valence-electron chi connectivity index (χ1n) is 5.88. The van der Waals surface area contributed by atoms with E-state index in [4.69, 9.17) is 0 Å². The summed E-state index contributed by atoms with van der Waals surface area (Å²) in [4.78, 5) is 11.5. The van der Waals surface area contributed by atoms with E-state index in [1.807, 2.05) is 25.1 Å². The number of nitrogens with one attached hydrogen (secondary N) is 1. The topological polar surface area (TPSA) is 61.8 Å². The first-order valence-corrected chi connectivity index (χ1v) is 6.67. The second-order valence-electron chi connectivity index (χ2n) is 4.43. The zero-order chi connectivity index (χ0) is 13.4. The molecule has 0 aliphatic heterocycles. The Morgan fingerprint density at radius 2 is 2.11 bits per heavy atom. The van der Waals surface area contributed by atoms with Crippen LogP contribution in [0.15, 0.2) is 41.3 Å². The van der Waals surface area contributed by atoms with Crippen LogP contribution in [0.5, 0.6) is 0 Å². The van der Waals surface area contributed by atoms with E-state index in [2.05, 4.69) is 30.9 Å². The van der Waals surface area contributed by atoms with Crippen LogP contribution < -0.4 is 0 Å². The standard InChI is InChI=1S/C14H12BrN3O/c1-8-2-3-9(5-16-8)13(19)12-7-18-14-11(12)4-10(15)6-17-14/h2-7,13,19H,1H3,(H,17,18). The monoisotopic (exact) mass is 317 g/mol. The minimum Gasteiger partial charge on any atom is -0.384 e. The first kappa shape index (κ1) is 12.3. The summed E-state index contributed by atoms with van der Waals surface area (Å²) in [7, 11) is 0. The highest BCUT2D eigenvalue weighted by Crippen LogP contribution is 2.29. The number of aliphatic hydroxyl groups excluding tert-OH is 1. The third kappa shape index (κ3) is 2.27. The summed E-state index contributed by atoms with van der Waals surface area (Å²) >= 11 is 3.40. The molecule has 0 aliphatic carbocycles. The Kier molecular flexibility index (Phi) is 3.08. The normalized spacial score (nSPS) is 12.8. The van der Waals surface area contributed by atoms with E-state index in [0.29, 0.717) is 0 Å². The average molecular weight is 318 g/mol. The van der Waals surface area contributed by atoms with Gasteiger partial charge in [-0.3, -0.25) is 4.98 Å². The van der Waals surface area contributed by atoms with Crippen molar-refractivity contribution in [3.05, 3.63) is 58.1 Å². The van der Waals surface area contributed by atoms with Gasteiger partial charge >= 0.3 is 0 Å². The lowest BCUT2D eigenvalue weighted by Gasteiger charge is -2.10. The molecule has 0 fully saturated rings. The highest BCUT2D eigenvalue weighted by atomic mass is 79.9. The highest BCUT2D eigenvalue weighted by Gasteiger charge is 2.16. The zero-order valence-corrected chi connectivity index (χ0v) is 11.8. The lowest BCUT2D eigenvalue weighted by Crippen LogP contribution is -1.99. The molecule has 2 N–H and O–H groups in total. The Hall–Kier alpha value is -1.72. The number of nitrogens with zero attached hydrogens (tertiary/aromatic N) is 2. The number of hydrogen-bond donors (Lipinski definition) is 2. The molecule has 0 aliphatic rings. The molecule has 19 heavy (non-hydrogen) atoms. The first-order chi connectivity index (χ1) is 9.15. The number of halogens is 1. The fraction of sp³-hybridized carbons (Fsp3) is 0.143. The lowest BCUT2D eigenvalue weighted by molar-refractivity contribution is 0.221. The second kappa shape index (κ2) is 4.75. The maximum Gasteiger partial charge on any atom is 0.137 e. The molecule has 0 aromatic carbocycles. The average Bonchev–Trinajstić information content (AvgIpc) is 2.81. The molecular weight excluding hydrogens is 306 g/mol. The van der Waals surface area contributed by atoms with Gasteiger partial charge in [-0.1, -0.05) is 6.07 Å². The van der Waals surface area contributed by atoms with Crippen molar-refractivity contribution in [3.63, 3.8) is 0 Å². The van der Waals surface area contributed by atoms with E-state index in [0.717, 1.165) is 32.3 Å². The number of fused-ring (bicyclic) bond motifs is 1. The van der Waals surface area contributed by atoms with Gasteiger partial charge < -0.3 is 10.1 Å². The van der Waals surface area contributed by atoms with Crippen LogP contribution >= 0.6 is 15.9 Å². The van der Waals surface area contributed by atoms with Crippen LogP contribution in [0.3, 0.4) is 0 Å². The largest absolute Gasteiger partial charge is 0.384 e. The van der Waals surface area contributed by atoms with E-state index < -0.39 is 6.10 Å². The van der Waals surface area contributed by atoms with Gasteiger partial charge in [0.05, 0.1) is 0 Å². The van der Waals surface area contributed by atoms with Gasteiger partial charge in [0.25, 0.3) is 0 Å². The Bertz CT molecular complexity index is 721. The zero-order valence-electron chi connectivity index (χ0n) is 10.3. The minimum absolute atomic E-state index is 0.710. The summed E-state index contributed by atoms with van der Waals surface area (Å²) in [5.41, 5.74) is 3.26. The molecule has 5 heteroatoms. The van der Waals surface area contributed by atoms with Crippen LogP contribution in [0, 0.1) is 6.92 Å². The van der Waals surface area contributed by atoms with Gasteiger partial charge in [0.2, 0.25) is 0 Å². The molecule has 1 atom stereocenters. The van der Waals surface area contributed by atoms with Crippen molar-refractivity contribution in [2.45, 2.75) is 13.0 Å². The number of H-pyrrole nitrogens is 1. The van der Waals surface area contributed by atoms with Crippen LogP contribution in [-0.2, 0) is 0 Å². The van der Waals surface area contributed by atoms with Crippen LogP contribution in [0.2, 0.25) is 0 Å². The van der Waals surface area contributed by atoms with E-state index in [1.165, 1.54) is 0 Å². The van der Waals surface area contributed by atoms with Crippen molar-refractivity contribution in [1.82, 2.24) is 15.0 Å². The van der Waals surface area contributed by atoms with Gasteiger partial charge in [-0.2, -0.15) is 0 Å². The molecule has 0 radical (unpaired) electrons. The van der Waals surface area contributed by atoms with Gasteiger partial charge in [-0.05, 0) is 35.0 Å². The van der Waals surface area contributed by atoms with E-state index in [-0.39, 0.29) is 0 Å². The van der Waals surface area contributed by atoms with Crippen LogP contribution in [0.4, 0.5) is 0 Å². The highest BCUT2D eigenvalue weighted by molar-refractivity contribution is 9.10. The fourth-order valence-corrected chi connectivity index (χ4v) is 2.38. The van der Waals surface area contributed by atoms with Crippen molar-refractivity contribution in [2.24, 2.45) is 0 Å². The van der Waals surface area contributed by atoms with E-state index in [9.17, 15) is 5.11 Å². The minimum atomic E-state index is -0.710. The molecule has 0 saturated carbocycles. The Morgan fingerprint density at radius 1 is 1.26 bits per heavy atom. The summed E-state index contributed by atoms with van der Waals surface area (Å²) < 4.78 is 0.884. The molecule has 96 valence electrons. The van der Waals surface area contributed by atoms with E-state index in [1.54, 1.807) is 18.6 Å². The molecule has 0 amide bonds. The number of pyridine rings is 2. The number of rotatable bonds is 2. The molecule has 1 unspecified atom stereocenters. The molecule has 0 spiro atoms. The second-order valence-corrected chi connectivity index (χ2v) is 5.34. The Morgan fingerprint density at radius 3 is 2.84 bits per heavy atom. The summed E-state index contributed by atoms with van der Waals surface area (Å²) in [5.74, 6) is 0. The smallest absolute Gasteiger partial charge is 0.137 e. The molecule has 3 rings (SSSR count). The molecule has 0 bridgehead atoms. The fourth-order valence-electron chi connectivity index (χ4n) is 2.04. The van der Waals surface area contributed by atoms with Crippen molar-refractivity contribution in [3.8, 4) is 0 Å². The summed E-state index contributed by atoms with van der Waals surface area (Å²) in [5, 5.41) is 11.4. The molecule has 3 aromatic rings. The summed E-state index contributed by atoms with van der Waals surface area (Å²) in [6, 6.07) is 5.72. The third-order valence-electron chi connectivity index (χ3n) is 3.07. The van der Waals surface area contributed by atoms with Gasteiger partial charge in [0.1, 0.15) is 11.8 Å². The quantitative estimate of drug-likeness (QED) is 0.763. The van der Waals surface area contributed by atoms with Gasteiger partial charge in [-0.25, -0.2) is 4.98 Å². The lowest BCUT2D eigenvalue weighted by atomic mass is 10.0. The molecule has 4 nitrogen and oxygen atoms in total. The van der Waals surface area contributed by atoms with Crippen LogP contribution in [0.25, 0.3) is 11.0 Å². The third-order valence-corrected chi connectivity index (χ3v) is 3.51. The maximum atomic E-state index is 10.5. The van der Waals surface area contributed by atoms with Crippen LogP contribution in [0.1, 0.15) is 22.9 Å². The Labute approximate surface area is 118 Å². The number of hydrogen-bond acceptors (Lipinski definition) is 3. The van der Waals surface area contributed by atoms with Crippen molar-refractivity contribution in [2.75, 3.05) is 0 Å². The Balaban J connectivity index is 2.08.